The number of aryl methyl sites for hydroxylation is 1. The van der Waals surface area contributed by atoms with Crippen LogP contribution in [0.15, 0.2) is 60.4 Å². The van der Waals surface area contributed by atoms with Gasteiger partial charge < -0.3 is 24.3 Å². The van der Waals surface area contributed by atoms with E-state index in [2.05, 4.69) is 36.5 Å². The fourth-order valence-electron chi connectivity index (χ4n) is 3.51. The summed E-state index contributed by atoms with van der Waals surface area (Å²) in [6.45, 7) is 0.555. The Balaban J connectivity index is 1.30. The van der Waals surface area contributed by atoms with Crippen LogP contribution < -0.4 is 14.8 Å². The zero-order chi connectivity index (χ0) is 22.6. The van der Waals surface area contributed by atoms with Crippen LogP contribution >= 0.6 is 11.8 Å². The minimum Gasteiger partial charge on any atom is -0.493 e. The number of H-pyrrole nitrogens is 1. The van der Waals surface area contributed by atoms with Gasteiger partial charge in [0.05, 0.1) is 19.2 Å². The molecule has 0 saturated carbocycles. The number of nitrogens with zero attached hydrogens (tertiary/aromatic N) is 5. The Hall–Kier alpha value is -3.79. The summed E-state index contributed by atoms with van der Waals surface area (Å²) in [7, 11) is 3.57. The molecule has 0 atom stereocenters. The molecular weight excluding hydrogens is 438 g/mol. The fraction of sp³-hybridized carbons (Fsp3) is 0.217. The third-order valence-corrected chi connectivity index (χ3v) is 6.30. The van der Waals surface area contributed by atoms with Gasteiger partial charge in [-0.25, -0.2) is 9.97 Å². The van der Waals surface area contributed by atoms with E-state index in [1.54, 1.807) is 31.5 Å². The molecular formula is C23H23N7O2S. The number of fused-ring (bicyclic) bond motifs is 2. The van der Waals surface area contributed by atoms with E-state index >= 15 is 0 Å². The van der Waals surface area contributed by atoms with Gasteiger partial charge >= 0.3 is 0 Å². The van der Waals surface area contributed by atoms with Crippen molar-refractivity contribution < 1.29 is 9.47 Å². The third-order valence-electron chi connectivity index (χ3n) is 5.18. The van der Waals surface area contributed by atoms with Crippen LogP contribution in [-0.2, 0) is 7.05 Å². The number of ether oxygens (including phenoxy) is 2. The molecule has 0 radical (unpaired) electrons. The van der Waals surface area contributed by atoms with Crippen molar-refractivity contribution in [3.05, 3.63) is 55.2 Å². The van der Waals surface area contributed by atoms with E-state index in [-0.39, 0.29) is 0 Å². The van der Waals surface area contributed by atoms with Crippen LogP contribution in [0.1, 0.15) is 6.42 Å². The molecule has 0 unspecified atom stereocenters. The lowest BCUT2D eigenvalue weighted by Gasteiger charge is -2.14. The average Bonchev–Trinajstić information content (AvgIpc) is 3.47. The minimum absolute atomic E-state index is 0.555. The van der Waals surface area contributed by atoms with Gasteiger partial charge in [-0.05, 0) is 36.8 Å². The van der Waals surface area contributed by atoms with Crippen molar-refractivity contribution in [2.45, 2.75) is 11.6 Å². The van der Waals surface area contributed by atoms with Crippen molar-refractivity contribution in [3.63, 3.8) is 0 Å². The molecule has 9 nitrogen and oxygen atoms in total. The maximum atomic E-state index is 6.02. The number of rotatable bonds is 9. The second-order valence-corrected chi connectivity index (χ2v) is 8.48. The predicted octanol–water partition coefficient (Wildman–Crippen LogP) is 4.55. The Kier molecular flexibility index (Phi) is 5.99. The Morgan fingerprint density at radius 2 is 2.06 bits per heavy atom. The van der Waals surface area contributed by atoms with Gasteiger partial charge in [0.15, 0.2) is 16.7 Å². The second kappa shape index (κ2) is 9.37. The van der Waals surface area contributed by atoms with E-state index in [1.807, 2.05) is 48.1 Å². The van der Waals surface area contributed by atoms with E-state index in [4.69, 9.17) is 9.47 Å². The van der Waals surface area contributed by atoms with Crippen LogP contribution in [-0.4, -0.2) is 49.2 Å². The highest BCUT2D eigenvalue weighted by molar-refractivity contribution is 7.99. The van der Waals surface area contributed by atoms with Gasteiger partial charge in [0.2, 0.25) is 0 Å². The lowest BCUT2D eigenvalue weighted by molar-refractivity contribution is 0.296. The highest BCUT2D eigenvalue weighted by Crippen LogP contribution is 2.35. The zero-order valence-corrected chi connectivity index (χ0v) is 19.1. The molecule has 0 spiro atoms. The number of methoxy groups -OCH3 is 1. The summed E-state index contributed by atoms with van der Waals surface area (Å²) >= 11 is 1.65. The number of hydrogen-bond acceptors (Lipinski definition) is 8. The predicted molar refractivity (Wildman–Crippen MR) is 130 cm³/mol. The molecule has 5 rings (SSSR count). The maximum absolute atomic E-state index is 6.02. The Bertz CT molecular complexity index is 1400. The van der Waals surface area contributed by atoms with Crippen molar-refractivity contribution in [3.8, 4) is 11.5 Å². The Morgan fingerprint density at radius 3 is 2.91 bits per heavy atom. The van der Waals surface area contributed by atoms with E-state index < -0.39 is 0 Å². The summed E-state index contributed by atoms with van der Waals surface area (Å²) in [6.07, 6.45) is 6.03. The molecule has 2 N–H and O–H groups in total. The SMILES string of the molecule is COc1cc2c(Nc3ccc4[nH]ccc4c3)ncnc2cc1OCCCSc1nncn1C. The van der Waals surface area contributed by atoms with Gasteiger partial charge in [0, 0.05) is 47.0 Å². The van der Waals surface area contributed by atoms with Gasteiger partial charge in [0.25, 0.3) is 0 Å². The monoisotopic (exact) mass is 461 g/mol. The summed E-state index contributed by atoms with van der Waals surface area (Å²) in [5.74, 6) is 2.89. The second-order valence-electron chi connectivity index (χ2n) is 7.42. The molecule has 3 heterocycles. The Labute approximate surface area is 194 Å². The van der Waals surface area contributed by atoms with Gasteiger partial charge in [-0.1, -0.05) is 11.8 Å². The smallest absolute Gasteiger partial charge is 0.190 e. The van der Waals surface area contributed by atoms with Crippen LogP contribution in [0.4, 0.5) is 11.5 Å². The van der Waals surface area contributed by atoms with E-state index in [0.717, 1.165) is 44.8 Å². The lowest BCUT2D eigenvalue weighted by atomic mass is 10.2. The Morgan fingerprint density at radius 1 is 1.12 bits per heavy atom. The van der Waals surface area contributed by atoms with Gasteiger partial charge in [-0.15, -0.1) is 10.2 Å². The molecule has 5 aromatic rings. The van der Waals surface area contributed by atoms with Crippen LogP contribution in [0.3, 0.4) is 0 Å². The van der Waals surface area contributed by atoms with Crippen molar-refractivity contribution in [1.29, 1.82) is 0 Å². The summed E-state index contributed by atoms with van der Waals surface area (Å²) in [4.78, 5) is 12.1. The topological polar surface area (TPSA) is 103 Å². The summed E-state index contributed by atoms with van der Waals surface area (Å²) < 4.78 is 13.5. The maximum Gasteiger partial charge on any atom is 0.190 e. The zero-order valence-electron chi connectivity index (χ0n) is 18.3. The largest absolute Gasteiger partial charge is 0.493 e. The van der Waals surface area contributed by atoms with Crippen molar-refractivity contribution >= 4 is 45.1 Å². The number of thioether (sulfide) groups is 1. The van der Waals surface area contributed by atoms with Crippen molar-refractivity contribution in [2.24, 2.45) is 7.05 Å². The third kappa shape index (κ3) is 4.56. The van der Waals surface area contributed by atoms with Crippen LogP contribution in [0.2, 0.25) is 0 Å². The van der Waals surface area contributed by atoms with Crippen molar-refractivity contribution in [1.82, 2.24) is 29.7 Å². The molecule has 168 valence electrons. The lowest BCUT2D eigenvalue weighted by Crippen LogP contribution is -2.02. The highest BCUT2D eigenvalue weighted by Gasteiger charge is 2.12. The number of anilines is 2. The molecule has 0 amide bonds. The van der Waals surface area contributed by atoms with Crippen LogP contribution in [0, 0.1) is 0 Å². The van der Waals surface area contributed by atoms with Gasteiger partial charge in [-0.3, -0.25) is 0 Å². The van der Waals surface area contributed by atoms with Crippen molar-refractivity contribution in [2.75, 3.05) is 24.8 Å². The molecule has 0 bridgehead atoms. The molecule has 33 heavy (non-hydrogen) atoms. The van der Waals surface area contributed by atoms with Crippen LogP contribution in [0.5, 0.6) is 11.5 Å². The molecule has 3 aromatic heterocycles. The quantitative estimate of drug-likeness (QED) is 0.243. The number of benzene rings is 2. The van der Waals surface area contributed by atoms with Gasteiger partial charge in [-0.2, -0.15) is 0 Å². The molecule has 10 heteroatoms. The molecule has 2 aromatic carbocycles. The summed E-state index contributed by atoms with van der Waals surface area (Å²) in [6, 6.07) is 12.0. The number of nitrogens with one attached hydrogen (secondary N) is 2. The first-order valence-electron chi connectivity index (χ1n) is 10.5. The van der Waals surface area contributed by atoms with E-state index in [1.165, 1.54) is 0 Å². The number of hydrogen-bond donors (Lipinski definition) is 2. The molecule has 0 saturated heterocycles. The first kappa shape index (κ1) is 21.1. The van der Waals surface area contributed by atoms with Crippen LogP contribution in [0.25, 0.3) is 21.8 Å². The molecule has 0 aliphatic rings. The standard InChI is InChI=1S/C23H23N7O2S/c1-30-14-27-29-23(30)33-9-3-8-32-21-12-19-17(11-20(21)31-2)22(26-13-25-19)28-16-4-5-18-15(10-16)6-7-24-18/h4-7,10-14,24H,3,8-9H2,1-2H3,(H,25,26,28). The normalized spacial score (nSPS) is 11.2. The first-order valence-corrected chi connectivity index (χ1v) is 11.5. The van der Waals surface area contributed by atoms with Gasteiger partial charge in [0.1, 0.15) is 18.5 Å². The first-order chi connectivity index (χ1) is 16.2. The van der Waals surface area contributed by atoms with E-state index in [9.17, 15) is 0 Å². The molecule has 0 aliphatic heterocycles. The molecule has 0 fully saturated rings. The van der Waals surface area contributed by atoms with E-state index in [0.29, 0.717) is 23.9 Å². The molecule has 0 aliphatic carbocycles. The highest BCUT2D eigenvalue weighted by atomic mass is 32.2. The number of aromatic amines is 1. The summed E-state index contributed by atoms with van der Waals surface area (Å²) in [5.41, 5.74) is 2.81. The average molecular weight is 462 g/mol. The number of aromatic nitrogens is 6. The fourth-order valence-corrected chi connectivity index (χ4v) is 4.31. The minimum atomic E-state index is 0.555. The summed E-state index contributed by atoms with van der Waals surface area (Å²) in [5, 5.41) is 14.2.